The Hall–Kier alpha value is -2.24. The maximum Gasteiger partial charge on any atom is 0.312 e. The third kappa shape index (κ3) is 2.37. The lowest BCUT2D eigenvalue weighted by molar-refractivity contribution is -0.142. The Morgan fingerprint density at radius 3 is 2.72 bits per heavy atom. The van der Waals surface area contributed by atoms with Crippen LogP contribution in [0.2, 0.25) is 0 Å². The van der Waals surface area contributed by atoms with Gasteiger partial charge in [0.15, 0.2) is 11.6 Å². The van der Waals surface area contributed by atoms with Crippen molar-refractivity contribution in [3.05, 3.63) is 42.1 Å². The molecule has 0 aliphatic heterocycles. The van der Waals surface area contributed by atoms with Crippen LogP contribution in [0.4, 0.5) is 4.39 Å². The number of methoxy groups -OCH3 is 1. The maximum absolute atomic E-state index is 12.8. The number of halogens is 1. The van der Waals surface area contributed by atoms with Gasteiger partial charge < -0.3 is 4.74 Å². The summed E-state index contributed by atoms with van der Waals surface area (Å²) in [6.45, 7) is 1.73. The molecule has 0 aromatic carbocycles. The lowest BCUT2D eigenvalue weighted by Crippen LogP contribution is -2.11. The summed E-state index contributed by atoms with van der Waals surface area (Å²) in [4.78, 5) is 15.5. The zero-order chi connectivity index (χ0) is 13.1. The van der Waals surface area contributed by atoms with E-state index >= 15 is 0 Å². The van der Waals surface area contributed by atoms with Crippen LogP contribution < -0.4 is 0 Å². The smallest absolute Gasteiger partial charge is 0.312 e. The zero-order valence-electron chi connectivity index (χ0n) is 10.0. The summed E-state index contributed by atoms with van der Waals surface area (Å²) in [5, 5.41) is 3.80. The highest BCUT2D eigenvalue weighted by atomic mass is 19.1. The van der Waals surface area contributed by atoms with Gasteiger partial charge in [-0.15, -0.1) is 0 Å². The van der Waals surface area contributed by atoms with Gasteiger partial charge in [-0.3, -0.25) is 4.79 Å². The van der Waals surface area contributed by atoms with E-state index in [-0.39, 0.29) is 11.9 Å². The highest BCUT2D eigenvalue weighted by Gasteiger charge is 2.15. The fourth-order valence-corrected chi connectivity index (χ4v) is 1.53. The molecule has 0 saturated heterocycles. The van der Waals surface area contributed by atoms with Crippen molar-refractivity contribution in [3.63, 3.8) is 0 Å². The maximum atomic E-state index is 12.8. The van der Waals surface area contributed by atoms with Crippen LogP contribution in [0.15, 0.2) is 30.7 Å². The average molecular weight is 249 g/mol. The van der Waals surface area contributed by atoms with E-state index in [0.717, 1.165) is 11.8 Å². The standard InChI is InChI=1S/C12H12FN3O2/c1-8(12(17)18-2)9-3-4-11(14-5-9)16-7-10(13)6-15-16/h3-8H,1-2H3. The van der Waals surface area contributed by atoms with E-state index in [1.807, 2.05) is 0 Å². The number of pyridine rings is 1. The number of carbonyl (C=O) groups is 1. The Morgan fingerprint density at radius 2 is 2.22 bits per heavy atom. The van der Waals surface area contributed by atoms with Gasteiger partial charge in [0.05, 0.1) is 25.4 Å². The van der Waals surface area contributed by atoms with Crippen LogP contribution in [0, 0.1) is 5.82 Å². The molecule has 0 bridgehead atoms. The molecule has 1 unspecified atom stereocenters. The number of hydrogen-bond donors (Lipinski definition) is 0. The van der Waals surface area contributed by atoms with Gasteiger partial charge in [-0.1, -0.05) is 6.07 Å². The minimum atomic E-state index is -0.427. The topological polar surface area (TPSA) is 57.0 Å². The molecular formula is C12H12FN3O2. The molecule has 0 aliphatic carbocycles. The molecule has 5 nitrogen and oxygen atoms in total. The second-order valence-electron chi connectivity index (χ2n) is 3.80. The van der Waals surface area contributed by atoms with Gasteiger partial charge in [-0.05, 0) is 18.6 Å². The zero-order valence-corrected chi connectivity index (χ0v) is 10.0. The minimum absolute atomic E-state index is 0.324. The van der Waals surface area contributed by atoms with E-state index in [1.54, 1.807) is 25.3 Å². The number of rotatable bonds is 3. The monoisotopic (exact) mass is 249 g/mol. The molecular weight excluding hydrogens is 237 g/mol. The Bertz CT molecular complexity index is 551. The fraction of sp³-hybridized carbons (Fsp3) is 0.250. The molecule has 0 N–H and O–H groups in total. The van der Waals surface area contributed by atoms with Crippen LogP contribution in [0.3, 0.4) is 0 Å². The molecule has 2 aromatic heterocycles. The van der Waals surface area contributed by atoms with Crippen molar-refractivity contribution in [2.75, 3.05) is 7.11 Å². The third-order valence-electron chi connectivity index (χ3n) is 2.61. The molecule has 0 amide bonds. The minimum Gasteiger partial charge on any atom is -0.469 e. The van der Waals surface area contributed by atoms with E-state index in [2.05, 4.69) is 14.8 Å². The van der Waals surface area contributed by atoms with Crippen molar-refractivity contribution < 1.29 is 13.9 Å². The van der Waals surface area contributed by atoms with Crippen molar-refractivity contribution in [3.8, 4) is 5.82 Å². The molecule has 2 rings (SSSR count). The molecule has 0 saturated carbocycles. The molecule has 94 valence electrons. The number of ether oxygens (including phenoxy) is 1. The number of aromatic nitrogens is 3. The van der Waals surface area contributed by atoms with Crippen molar-refractivity contribution in [2.45, 2.75) is 12.8 Å². The Balaban J connectivity index is 2.22. The number of hydrogen-bond acceptors (Lipinski definition) is 4. The number of nitrogens with zero attached hydrogens (tertiary/aromatic N) is 3. The van der Waals surface area contributed by atoms with Crippen molar-refractivity contribution in [2.24, 2.45) is 0 Å². The first-order chi connectivity index (χ1) is 8.61. The van der Waals surface area contributed by atoms with Crippen LogP contribution in [0.1, 0.15) is 18.4 Å². The quantitative estimate of drug-likeness (QED) is 0.777. The van der Waals surface area contributed by atoms with Crippen LogP contribution in [-0.2, 0) is 9.53 Å². The normalized spacial score (nSPS) is 12.2. The second kappa shape index (κ2) is 4.95. The summed E-state index contributed by atoms with van der Waals surface area (Å²) in [5.41, 5.74) is 0.734. The Labute approximate surface area is 103 Å². The van der Waals surface area contributed by atoms with E-state index in [1.165, 1.54) is 18.0 Å². The second-order valence-corrected chi connectivity index (χ2v) is 3.80. The molecule has 18 heavy (non-hydrogen) atoms. The van der Waals surface area contributed by atoms with Crippen molar-refractivity contribution >= 4 is 5.97 Å². The van der Waals surface area contributed by atoms with E-state index < -0.39 is 5.82 Å². The van der Waals surface area contributed by atoms with Gasteiger partial charge in [-0.25, -0.2) is 14.1 Å². The molecule has 0 aliphatic rings. The number of carbonyl (C=O) groups excluding carboxylic acids is 1. The highest BCUT2D eigenvalue weighted by molar-refractivity contribution is 5.77. The lowest BCUT2D eigenvalue weighted by atomic mass is 10.0. The van der Waals surface area contributed by atoms with Crippen molar-refractivity contribution in [1.82, 2.24) is 14.8 Å². The van der Waals surface area contributed by atoms with Gasteiger partial charge in [0.25, 0.3) is 0 Å². The van der Waals surface area contributed by atoms with Crippen molar-refractivity contribution in [1.29, 1.82) is 0 Å². The summed E-state index contributed by atoms with van der Waals surface area (Å²) in [6, 6.07) is 3.41. The van der Waals surface area contributed by atoms with Crippen LogP contribution >= 0.6 is 0 Å². The van der Waals surface area contributed by atoms with Gasteiger partial charge in [0.1, 0.15) is 0 Å². The molecule has 6 heteroatoms. The fourth-order valence-electron chi connectivity index (χ4n) is 1.53. The molecule has 0 radical (unpaired) electrons. The number of esters is 1. The van der Waals surface area contributed by atoms with E-state index in [4.69, 9.17) is 0 Å². The summed E-state index contributed by atoms with van der Waals surface area (Å²) in [5.74, 6) is -0.649. The van der Waals surface area contributed by atoms with Crippen LogP contribution in [0.25, 0.3) is 5.82 Å². The lowest BCUT2D eigenvalue weighted by Gasteiger charge is -2.09. The Morgan fingerprint density at radius 1 is 1.44 bits per heavy atom. The first-order valence-electron chi connectivity index (χ1n) is 5.36. The first-order valence-corrected chi connectivity index (χ1v) is 5.36. The Kier molecular flexibility index (Phi) is 3.36. The van der Waals surface area contributed by atoms with Gasteiger partial charge >= 0.3 is 5.97 Å². The summed E-state index contributed by atoms with van der Waals surface area (Å²) in [6.07, 6.45) is 3.88. The molecule has 2 heterocycles. The van der Waals surface area contributed by atoms with Gasteiger partial charge in [0.2, 0.25) is 0 Å². The summed E-state index contributed by atoms with van der Waals surface area (Å²) >= 11 is 0. The largest absolute Gasteiger partial charge is 0.469 e. The summed E-state index contributed by atoms with van der Waals surface area (Å²) < 4.78 is 18.8. The predicted molar refractivity (Wildman–Crippen MR) is 61.7 cm³/mol. The van der Waals surface area contributed by atoms with Gasteiger partial charge in [0, 0.05) is 6.20 Å². The molecule has 0 spiro atoms. The summed E-state index contributed by atoms with van der Waals surface area (Å²) in [7, 11) is 1.34. The van der Waals surface area contributed by atoms with E-state index in [0.29, 0.717) is 5.82 Å². The molecule has 0 fully saturated rings. The van der Waals surface area contributed by atoms with Gasteiger partial charge in [-0.2, -0.15) is 5.10 Å². The molecule has 1 atom stereocenters. The molecule has 2 aromatic rings. The predicted octanol–water partition coefficient (Wildman–Crippen LogP) is 1.68. The van der Waals surface area contributed by atoms with E-state index in [9.17, 15) is 9.18 Å². The average Bonchev–Trinajstić information content (AvgIpc) is 2.84. The SMILES string of the molecule is COC(=O)C(C)c1ccc(-n2cc(F)cn2)nc1. The first kappa shape index (κ1) is 12.2. The highest BCUT2D eigenvalue weighted by Crippen LogP contribution is 2.16. The van der Waals surface area contributed by atoms with Crippen LogP contribution in [-0.4, -0.2) is 27.8 Å². The third-order valence-corrected chi connectivity index (χ3v) is 2.61. The van der Waals surface area contributed by atoms with Crippen LogP contribution in [0.5, 0.6) is 0 Å².